The molecule has 0 aromatic heterocycles. The van der Waals surface area contributed by atoms with Gasteiger partial charge in [-0.25, -0.2) is 0 Å². The Morgan fingerprint density at radius 3 is 2.62 bits per heavy atom. The minimum atomic E-state index is 0.154. The molecular formula is C10H11BrO2. The molecular weight excluding hydrogens is 232 g/mol. The van der Waals surface area contributed by atoms with Crippen molar-refractivity contribution in [3.05, 3.63) is 28.7 Å². The summed E-state index contributed by atoms with van der Waals surface area (Å²) in [6.07, 6.45) is 0.449. The molecule has 0 spiro atoms. The summed E-state index contributed by atoms with van der Waals surface area (Å²) in [6, 6.07) is 7.83. The molecule has 0 bridgehead atoms. The highest BCUT2D eigenvalue weighted by atomic mass is 79.9. The third-order valence-electron chi connectivity index (χ3n) is 2.02. The maximum Gasteiger partial charge on any atom is 0.124 e. The van der Waals surface area contributed by atoms with Crippen LogP contribution in [0.4, 0.5) is 0 Å². The molecule has 1 aromatic carbocycles. The number of ether oxygens (including phenoxy) is 2. The molecule has 1 aliphatic heterocycles. The first kappa shape index (κ1) is 9.03. The van der Waals surface area contributed by atoms with Gasteiger partial charge in [-0.1, -0.05) is 15.9 Å². The van der Waals surface area contributed by atoms with E-state index in [4.69, 9.17) is 9.47 Å². The Kier molecular flexibility index (Phi) is 2.56. The van der Waals surface area contributed by atoms with Crippen molar-refractivity contribution in [1.29, 1.82) is 0 Å². The van der Waals surface area contributed by atoms with Crippen LogP contribution in [0, 0.1) is 0 Å². The molecule has 0 aliphatic carbocycles. The van der Waals surface area contributed by atoms with Crippen molar-refractivity contribution < 1.29 is 9.47 Å². The molecule has 2 rings (SSSR count). The van der Waals surface area contributed by atoms with E-state index in [9.17, 15) is 0 Å². The molecule has 70 valence electrons. The Bertz CT molecular complexity index is 279. The predicted octanol–water partition coefficient (Wildman–Crippen LogP) is 2.62. The van der Waals surface area contributed by atoms with Crippen molar-refractivity contribution in [1.82, 2.24) is 0 Å². The van der Waals surface area contributed by atoms with Gasteiger partial charge in [-0.05, 0) is 31.2 Å². The first-order valence-corrected chi connectivity index (χ1v) is 5.09. The molecule has 1 fully saturated rings. The normalized spacial score (nSPS) is 22.5. The largest absolute Gasteiger partial charge is 0.488 e. The monoisotopic (exact) mass is 242 g/mol. The summed E-state index contributed by atoms with van der Waals surface area (Å²) >= 11 is 3.37. The average molecular weight is 243 g/mol. The molecule has 0 N–H and O–H groups in total. The van der Waals surface area contributed by atoms with Crippen LogP contribution in [0.15, 0.2) is 28.7 Å². The number of hydrogen-bond donors (Lipinski definition) is 0. The maximum atomic E-state index is 5.65. The third kappa shape index (κ3) is 2.45. The zero-order chi connectivity index (χ0) is 9.26. The van der Waals surface area contributed by atoms with Crippen LogP contribution in [0.5, 0.6) is 5.75 Å². The van der Waals surface area contributed by atoms with Gasteiger partial charge in [0.2, 0.25) is 0 Å². The van der Waals surface area contributed by atoms with Crippen LogP contribution >= 0.6 is 15.9 Å². The molecule has 0 amide bonds. The van der Waals surface area contributed by atoms with E-state index < -0.39 is 0 Å². The fourth-order valence-electron chi connectivity index (χ4n) is 1.13. The van der Waals surface area contributed by atoms with Gasteiger partial charge in [0.15, 0.2) is 0 Å². The lowest BCUT2D eigenvalue weighted by atomic mass is 10.3. The Morgan fingerprint density at radius 1 is 1.46 bits per heavy atom. The maximum absolute atomic E-state index is 5.65. The van der Waals surface area contributed by atoms with Crippen molar-refractivity contribution in [3.8, 4) is 5.75 Å². The van der Waals surface area contributed by atoms with Gasteiger partial charge < -0.3 is 9.47 Å². The second-order valence-electron chi connectivity index (χ2n) is 3.15. The van der Waals surface area contributed by atoms with E-state index in [2.05, 4.69) is 15.9 Å². The lowest BCUT2D eigenvalue weighted by molar-refractivity contribution is 0.176. The van der Waals surface area contributed by atoms with Crippen LogP contribution in [-0.4, -0.2) is 18.8 Å². The summed E-state index contributed by atoms with van der Waals surface area (Å²) in [5.74, 6) is 0.895. The van der Waals surface area contributed by atoms with Crippen molar-refractivity contribution in [2.45, 2.75) is 19.1 Å². The zero-order valence-corrected chi connectivity index (χ0v) is 8.95. The molecule has 1 aromatic rings. The van der Waals surface area contributed by atoms with Crippen LogP contribution in [0.3, 0.4) is 0 Å². The van der Waals surface area contributed by atoms with E-state index in [1.54, 1.807) is 0 Å². The van der Waals surface area contributed by atoms with Crippen molar-refractivity contribution in [2.75, 3.05) is 6.61 Å². The summed E-state index contributed by atoms with van der Waals surface area (Å²) in [7, 11) is 0. The quantitative estimate of drug-likeness (QED) is 0.761. The Balaban J connectivity index is 1.96. The first-order chi connectivity index (χ1) is 6.25. The molecule has 13 heavy (non-hydrogen) atoms. The van der Waals surface area contributed by atoms with Gasteiger partial charge in [-0.15, -0.1) is 0 Å². The highest BCUT2D eigenvalue weighted by Gasteiger charge is 2.30. The molecule has 1 heterocycles. The van der Waals surface area contributed by atoms with Gasteiger partial charge in [0, 0.05) is 4.47 Å². The Morgan fingerprint density at radius 2 is 2.08 bits per heavy atom. The van der Waals surface area contributed by atoms with Crippen molar-refractivity contribution in [2.24, 2.45) is 0 Å². The van der Waals surface area contributed by atoms with E-state index in [0.717, 1.165) is 16.8 Å². The van der Waals surface area contributed by atoms with E-state index in [1.807, 2.05) is 31.2 Å². The van der Waals surface area contributed by atoms with Gasteiger partial charge in [-0.2, -0.15) is 0 Å². The summed E-state index contributed by atoms with van der Waals surface area (Å²) in [6.45, 7) is 2.86. The average Bonchev–Trinajstić information content (AvgIpc) is 2.91. The highest BCUT2D eigenvalue weighted by molar-refractivity contribution is 9.10. The Labute approximate surface area is 86.0 Å². The molecule has 1 aliphatic rings. The van der Waals surface area contributed by atoms with Crippen LogP contribution in [0.1, 0.15) is 6.92 Å². The van der Waals surface area contributed by atoms with E-state index in [0.29, 0.717) is 6.10 Å². The number of rotatable bonds is 3. The zero-order valence-electron chi connectivity index (χ0n) is 7.37. The lowest BCUT2D eigenvalue weighted by Gasteiger charge is -2.11. The topological polar surface area (TPSA) is 21.8 Å². The van der Waals surface area contributed by atoms with Gasteiger partial charge in [0.1, 0.15) is 18.0 Å². The molecule has 2 atom stereocenters. The molecule has 0 unspecified atom stereocenters. The number of epoxide rings is 1. The van der Waals surface area contributed by atoms with E-state index in [1.165, 1.54) is 0 Å². The van der Waals surface area contributed by atoms with Crippen LogP contribution in [0.2, 0.25) is 0 Å². The Hall–Kier alpha value is -0.540. The standard InChI is InChI=1S/C10H11BrO2/c1-7(10-6-12-10)13-9-4-2-8(11)3-5-9/h2-5,7,10H,6H2,1H3/t7-,10-/m0/s1. The summed E-state index contributed by atoms with van der Waals surface area (Å²) in [4.78, 5) is 0. The smallest absolute Gasteiger partial charge is 0.124 e. The van der Waals surface area contributed by atoms with Gasteiger partial charge in [0.05, 0.1) is 6.61 Å². The second-order valence-corrected chi connectivity index (χ2v) is 4.06. The summed E-state index contributed by atoms with van der Waals surface area (Å²) in [5, 5.41) is 0. The molecule has 3 heteroatoms. The molecule has 0 radical (unpaired) electrons. The number of halogens is 1. The fourth-order valence-corrected chi connectivity index (χ4v) is 1.39. The van der Waals surface area contributed by atoms with Gasteiger partial charge in [0.25, 0.3) is 0 Å². The van der Waals surface area contributed by atoms with Crippen LogP contribution < -0.4 is 4.74 Å². The number of hydrogen-bond acceptors (Lipinski definition) is 2. The summed E-state index contributed by atoms with van der Waals surface area (Å²) in [5.41, 5.74) is 0. The summed E-state index contributed by atoms with van der Waals surface area (Å²) < 4.78 is 11.8. The molecule has 0 saturated carbocycles. The van der Waals surface area contributed by atoms with Crippen molar-refractivity contribution >= 4 is 15.9 Å². The van der Waals surface area contributed by atoms with Crippen molar-refractivity contribution in [3.63, 3.8) is 0 Å². The van der Waals surface area contributed by atoms with Crippen LogP contribution in [-0.2, 0) is 4.74 Å². The molecule has 1 saturated heterocycles. The second kappa shape index (κ2) is 3.68. The first-order valence-electron chi connectivity index (χ1n) is 4.29. The fraction of sp³-hybridized carbons (Fsp3) is 0.400. The van der Waals surface area contributed by atoms with E-state index in [-0.39, 0.29) is 6.10 Å². The number of benzene rings is 1. The van der Waals surface area contributed by atoms with Gasteiger partial charge >= 0.3 is 0 Å². The predicted molar refractivity (Wildman–Crippen MR) is 54.0 cm³/mol. The minimum Gasteiger partial charge on any atom is -0.488 e. The third-order valence-corrected chi connectivity index (χ3v) is 2.55. The van der Waals surface area contributed by atoms with Crippen LogP contribution in [0.25, 0.3) is 0 Å². The van der Waals surface area contributed by atoms with Gasteiger partial charge in [-0.3, -0.25) is 0 Å². The SMILES string of the molecule is C[C@H](Oc1ccc(Br)cc1)[C@@H]1CO1. The molecule has 2 nitrogen and oxygen atoms in total. The highest BCUT2D eigenvalue weighted by Crippen LogP contribution is 2.22. The van der Waals surface area contributed by atoms with E-state index >= 15 is 0 Å². The lowest BCUT2D eigenvalue weighted by Crippen LogP contribution is -2.18. The minimum absolute atomic E-state index is 0.154.